The maximum absolute atomic E-state index is 12.2. The summed E-state index contributed by atoms with van der Waals surface area (Å²) in [5.41, 5.74) is 1.35. The molecule has 0 heterocycles. The number of rotatable bonds is 6. The molecule has 0 fully saturated rings. The quantitative estimate of drug-likeness (QED) is 0.386. The summed E-state index contributed by atoms with van der Waals surface area (Å²) in [6, 6.07) is 12.0. The molecule has 0 bridgehead atoms. The third-order valence-electron chi connectivity index (χ3n) is 5.78. The fourth-order valence-corrected chi connectivity index (χ4v) is 4.27. The third-order valence-corrected chi connectivity index (χ3v) is 5.78. The Labute approximate surface area is 190 Å². The van der Waals surface area contributed by atoms with Crippen LogP contribution in [0.3, 0.4) is 0 Å². The minimum atomic E-state index is -0.305. The number of ketones is 1. The highest BCUT2D eigenvalue weighted by atomic mass is 16.5. The normalized spacial score (nSPS) is 10.9. The van der Waals surface area contributed by atoms with Gasteiger partial charge in [0.1, 0.15) is 34.5 Å². The van der Waals surface area contributed by atoms with Crippen LogP contribution < -0.4 is 18.9 Å². The molecular formula is C26H24O7. The van der Waals surface area contributed by atoms with Gasteiger partial charge < -0.3 is 29.2 Å². The van der Waals surface area contributed by atoms with Crippen molar-refractivity contribution in [2.24, 2.45) is 0 Å². The van der Waals surface area contributed by atoms with Crippen molar-refractivity contribution in [3.05, 3.63) is 48.0 Å². The van der Waals surface area contributed by atoms with E-state index in [2.05, 4.69) is 0 Å². The first-order chi connectivity index (χ1) is 15.9. The van der Waals surface area contributed by atoms with E-state index < -0.39 is 0 Å². The van der Waals surface area contributed by atoms with Crippen LogP contribution in [0, 0.1) is 0 Å². The van der Waals surface area contributed by atoms with Crippen molar-refractivity contribution in [3.8, 4) is 45.6 Å². The SMILES string of the molecule is COc1ccc(O)c2c(OC)c(-c3ccc4c(OC)cc(C(C)=O)c(O)c4c3OC)ccc12. The lowest BCUT2D eigenvalue weighted by Crippen LogP contribution is -1.99. The number of methoxy groups -OCH3 is 4. The van der Waals surface area contributed by atoms with Gasteiger partial charge in [-0.15, -0.1) is 0 Å². The average molecular weight is 448 g/mol. The highest BCUT2D eigenvalue weighted by Crippen LogP contribution is 2.50. The lowest BCUT2D eigenvalue weighted by atomic mass is 9.93. The number of benzene rings is 4. The molecule has 0 radical (unpaired) electrons. The van der Waals surface area contributed by atoms with Gasteiger partial charge in [0.05, 0.1) is 44.8 Å². The summed E-state index contributed by atoms with van der Waals surface area (Å²) in [6.07, 6.45) is 0. The molecule has 0 saturated heterocycles. The first-order valence-corrected chi connectivity index (χ1v) is 10.2. The Kier molecular flexibility index (Phi) is 5.64. The van der Waals surface area contributed by atoms with Gasteiger partial charge in [-0.05, 0) is 49.4 Å². The van der Waals surface area contributed by atoms with Crippen LogP contribution in [0.1, 0.15) is 17.3 Å². The number of carbonyl (C=O) groups is 1. The average Bonchev–Trinajstić information content (AvgIpc) is 2.82. The van der Waals surface area contributed by atoms with E-state index >= 15 is 0 Å². The predicted molar refractivity (Wildman–Crippen MR) is 126 cm³/mol. The van der Waals surface area contributed by atoms with Crippen molar-refractivity contribution in [3.63, 3.8) is 0 Å². The molecule has 0 aliphatic carbocycles. The second kappa shape index (κ2) is 8.43. The number of hydrogen-bond acceptors (Lipinski definition) is 7. The van der Waals surface area contributed by atoms with E-state index in [1.165, 1.54) is 34.3 Å². The topological polar surface area (TPSA) is 94.5 Å². The van der Waals surface area contributed by atoms with Gasteiger partial charge in [0.25, 0.3) is 0 Å². The first kappa shape index (κ1) is 22.1. The zero-order valence-corrected chi connectivity index (χ0v) is 19.0. The molecule has 170 valence electrons. The van der Waals surface area contributed by atoms with Crippen LogP contribution in [-0.2, 0) is 0 Å². The first-order valence-electron chi connectivity index (χ1n) is 10.2. The largest absolute Gasteiger partial charge is 0.507 e. The smallest absolute Gasteiger partial charge is 0.163 e. The second-order valence-corrected chi connectivity index (χ2v) is 7.46. The van der Waals surface area contributed by atoms with Gasteiger partial charge in [0, 0.05) is 21.9 Å². The molecule has 0 unspecified atom stereocenters. The molecule has 4 aromatic carbocycles. The Balaban J connectivity index is 2.14. The predicted octanol–water partition coefficient (Wildman–Crippen LogP) is 5.31. The van der Waals surface area contributed by atoms with Crippen molar-refractivity contribution in [1.82, 2.24) is 0 Å². The van der Waals surface area contributed by atoms with Crippen LogP contribution >= 0.6 is 0 Å². The van der Waals surface area contributed by atoms with Crippen LogP contribution in [0.4, 0.5) is 0 Å². The van der Waals surface area contributed by atoms with E-state index in [0.29, 0.717) is 55.7 Å². The molecule has 4 aromatic rings. The maximum Gasteiger partial charge on any atom is 0.163 e. The number of phenols is 2. The van der Waals surface area contributed by atoms with Crippen molar-refractivity contribution in [2.45, 2.75) is 6.92 Å². The monoisotopic (exact) mass is 448 g/mol. The van der Waals surface area contributed by atoms with E-state index in [-0.39, 0.29) is 22.8 Å². The number of Topliss-reactive ketones (excluding diaryl/α,β-unsaturated/α-hetero) is 1. The van der Waals surface area contributed by atoms with E-state index in [0.717, 1.165) is 0 Å². The van der Waals surface area contributed by atoms with Gasteiger partial charge >= 0.3 is 0 Å². The van der Waals surface area contributed by atoms with Crippen LogP contribution in [0.5, 0.6) is 34.5 Å². The Hall–Kier alpha value is -4.13. The molecule has 0 aromatic heterocycles. The molecule has 0 saturated carbocycles. The number of phenolic OH excluding ortho intramolecular Hbond substituents is 2. The van der Waals surface area contributed by atoms with Crippen molar-refractivity contribution in [2.75, 3.05) is 28.4 Å². The summed E-state index contributed by atoms with van der Waals surface area (Å²) >= 11 is 0. The number of aromatic hydroxyl groups is 2. The molecule has 0 amide bonds. The second-order valence-electron chi connectivity index (χ2n) is 7.46. The summed E-state index contributed by atoms with van der Waals surface area (Å²) in [5, 5.41) is 23.7. The lowest BCUT2D eigenvalue weighted by Gasteiger charge is -2.19. The summed E-state index contributed by atoms with van der Waals surface area (Å²) in [6.45, 7) is 1.37. The molecule has 7 nitrogen and oxygen atoms in total. The number of ether oxygens (including phenoxy) is 4. The fourth-order valence-electron chi connectivity index (χ4n) is 4.27. The Morgan fingerprint density at radius 3 is 1.76 bits per heavy atom. The Bertz CT molecular complexity index is 1410. The highest BCUT2D eigenvalue weighted by Gasteiger charge is 2.24. The molecule has 0 atom stereocenters. The van der Waals surface area contributed by atoms with Crippen LogP contribution in [0.25, 0.3) is 32.7 Å². The number of fused-ring (bicyclic) bond motifs is 2. The number of hydrogen-bond donors (Lipinski definition) is 2. The van der Waals surface area contributed by atoms with Gasteiger partial charge in [0.2, 0.25) is 0 Å². The van der Waals surface area contributed by atoms with Gasteiger partial charge in [-0.3, -0.25) is 4.79 Å². The van der Waals surface area contributed by atoms with E-state index in [1.807, 2.05) is 18.2 Å². The zero-order valence-electron chi connectivity index (χ0n) is 19.0. The highest BCUT2D eigenvalue weighted by molar-refractivity contribution is 6.11. The van der Waals surface area contributed by atoms with Gasteiger partial charge in [0.15, 0.2) is 5.78 Å². The molecule has 7 heteroatoms. The van der Waals surface area contributed by atoms with Gasteiger partial charge in [-0.2, -0.15) is 0 Å². The minimum absolute atomic E-state index is 0.0349. The molecule has 0 spiro atoms. The molecule has 0 aliphatic heterocycles. The third kappa shape index (κ3) is 3.33. The molecule has 0 aliphatic rings. The maximum atomic E-state index is 12.2. The molecule has 2 N–H and O–H groups in total. The minimum Gasteiger partial charge on any atom is -0.507 e. The van der Waals surface area contributed by atoms with Gasteiger partial charge in [-0.1, -0.05) is 0 Å². The lowest BCUT2D eigenvalue weighted by molar-refractivity contribution is 0.101. The van der Waals surface area contributed by atoms with Crippen molar-refractivity contribution >= 4 is 27.3 Å². The summed E-state index contributed by atoms with van der Waals surface area (Å²) in [4.78, 5) is 12.2. The Morgan fingerprint density at radius 2 is 1.24 bits per heavy atom. The summed E-state index contributed by atoms with van der Waals surface area (Å²) < 4.78 is 22.4. The van der Waals surface area contributed by atoms with Gasteiger partial charge in [-0.25, -0.2) is 0 Å². The fraction of sp³-hybridized carbons (Fsp3) is 0.192. The molecule has 4 rings (SSSR count). The van der Waals surface area contributed by atoms with E-state index in [1.54, 1.807) is 25.3 Å². The van der Waals surface area contributed by atoms with E-state index in [4.69, 9.17) is 18.9 Å². The molecule has 33 heavy (non-hydrogen) atoms. The Morgan fingerprint density at radius 1 is 0.697 bits per heavy atom. The number of carbonyl (C=O) groups excluding carboxylic acids is 1. The van der Waals surface area contributed by atoms with Crippen molar-refractivity contribution in [1.29, 1.82) is 0 Å². The zero-order chi connectivity index (χ0) is 23.9. The molecular weight excluding hydrogens is 424 g/mol. The van der Waals surface area contributed by atoms with E-state index in [9.17, 15) is 15.0 Å². The summed E-state index contributed by atoms with van der Waals surface area (Å²) in [7, 11) is 6.05. The van der Waals surface area contributed by atoms with Crippen molar-refractivity contribution < 1.29 is 34.0 Å². The standard InChI is InChI=1S/C26H24O7/c1-13(27)18-12-21(31-3)17-9-7-15(26(33-5)23(17)24(18)29)14-6-8-16-20(30-2)11-10-19(28)22(16)25(14)32-4/h6-12,28-29H,1-5H3. The van der Waals surface area contributed by atoms with Crippen LogP contribution in [-0.4, -0.2) is 44.4 Å². The van der Waals surface area contributed by atoms with Crippen LogP contribution in [0.2, 0.25) is 0 Å². The van der Waals surface area contributed by atoms with Crippen LogP contribution in [0.15, 0.2) is 42.5 Å². The summed E-state index contributed by atoms with van der Waals surface area (Å²) in [5.74, 6) is 1.31.